The van der Waals surface area contributed by atoms with Gasteiger partial charge in [0.25, 0.3) is 11.1 Å². The largest absolute Gasteiger partial charge is 0.493 e. The molecule has 0 radical (unpaired) electrons. The summed E-state index contributed by atoms with van der Waals surface area (Å²) in [5.41, 5.74) is 3.56. The van der Waals surface area contributed by atoms with Gasteiger partial charge < -0.3 is 9.30 Å². The lowest BCUT2D eigenvalue weighted by atomic mass is 10.1. The highest BCUT2D eigenvalue weighted by Crippen LogP contribution is 2.37. The molecule has 7 heteroatoms. The molecule has 5 rings (SSSR count). The van der Waals surface area contributed by atoms with E-state index in [0.717, 1.165) is 52.5 Å². The Bertz CT molecular complexity index is 1460. The molecule has 0 saturated carbocycles. The molecule has 35 heavy (non-hydrogen) atoms. The van der Waals surface area contributed by atoms with E-state index >= 15 is 0 Å². The first kappa shape index (κ1) is 23.3. The molecule has 1 saturated heterocycles. The Morgan fingerprint density at radius 2 is 1.80 bits per heavy atom. The Kier molecular flexibility index (Phi) is 6.66. The number of nitrogens with zero attached hydrogens (tertiary/aromatic N) is 2. The lowest BCUT2D eigenvalue weighted by Crippen LogP contribution is -2.27. The summed E-state index contributed by atoms with van der Waals surface area (Å²) in [6.07, 6.45) is 4.67. The number of carbonyl (C=O) groups is 2. The molecule has 0 spiro atoms. The standard InChI is InChI=1S/C28H23ClN2O3S/c1-19-8-2-5-13-25(19)34-15-7-14-30-18-20(23-11-3-4-12-24(23)30)16-26-27(32)31(28(33)35-26)22-10-6-9-21(29)17-22/h2-6,8-13,16-18H,7,14-15H2,1H3/b26-16-. The number of hydrogen-bond donors (Lipinski definition) is 0. The molecule has 2 amide bonds. The van der Waals surface area contributed by atoms with Gasteiger partial charge in [-0.15, -0.1) is 0 Å². The van der Waals surface area contributed by atoms with Crippen molar-refractivity contribution in [3.8, 4) is 5.75 Å². The van der Waals surface area contributed by atoms with Crippen LogP contribution in [0.3, 0.4) is 0 Å². The maximum atomic E-state index is 13.1. The number of fused-ring (bicyclic) bond motifs is 1. The van der Waals surface area contributed by atoms with Gasteiger partial charge >= 0.3 is 0 Å². The van der Waals surface area contributed by atoms with Crippen molar-refractivity contribution in [2.75, 3.05) is 11.5 Å². The maximum Gasteiger partial charge on any atom is 0.298 e. The van der Waals surface area contributed by atoms with E-state index in [1.165, 1.54) is 4.90 Å². The summed E-state index contributed by atoms with van der Waals surface area (Å²) in [4.78, 5) is 27.3. The second-order valence-corrected chi connectivity index (χ2v) is 9.69. The van der Waals surface area contributed by atoms with E-state index < -0.39 is 0 Å². The van der Waals surface area contributed by atoms with Crippen molar-refractivity contribution in [1.29, 1.82) is 0 Å². The van der Waals surface area contributed by atoms with Crippen LogP contribution in [0.2, 0.25) is 5.02 Å². The molecule has 3 aromatic carbocycles. The summed E-state index contributed by atoms with van der Waals surface area (Å²) >= 11 is 7.01. The molecular formula is C28H23ClN2O3S. The number of carbonyl (C=O) groups excluding carboxylic acids is 2. The van der Waals surface area contributed by atoms with Gasteiger partial charge in [-0.2, -0.15) is 0 Å². The molecule has 0 N–H and O–H groups in total. The topological polar surface area (TPSA) is 51.5 Å². The van der Waals surface area contributed by atoms with Crippen molar-refractivity contribution in [2.45, 2.75) is 19.9 Å². The smallest absolute Gasteiger partial charge is 0.298 e. The van der Waals surface area contributed by atoms with E-state index in [1.54, 1.807) is 30.3 Å². The second-order valence-electron chi connectivity index (χ2n) is 8.26. The summed E-state index contributed by atoms with van der Waals surface area (Å²) in [6.45, 7) is 3.41. The third-order valence-electron chi connectivity index (χ3n) is 5.86. The minimum atomic E-state index is -0.342. The van der Waals surface area contributed by atoms with Gasteiger partial charge in [-0.25, -0.2) is 4.90 Å². The number of hydrogen-bond acceptors (Lipinski definition) is 4. The van der Waals surface area contributed by atoms with Crippen LogP contribution >= 0.6 is 23.4 Å². The highest BCUT2D eigenvalue weighted by atomic mass is 35.5. The van der Waals surface area contributed by atoms with E-state index in [1.807, 2.05) is 55.6 Å². The van der Waals surface area contributed by atoms with Crippen LogP contribution in [0.1, 0.15) is 17.5 Å². The van der Waals surface area contributed by atoms with Gasteiger partial charge in [-0.1, -0.05) is 54.1 Å². The van der Waals surface area contributed by atoms with E-state index in [4.69, 9.17) is 16.3 Å². The fourth-order valence-corrected chi connectivity index (χ4v) is 5.17. The average molecular weight is 503 g/mol. The van der Waals surface area contributed by atoms with Gasteiger partial charge in [0.05, 0.1) is 17.2 Å². The number of halogens is 1. The van der Waals surface area contributed by atoms with Crippen LogP contribution in [-0.2, 0) is 11.3 Å². The predicted octanol–water partition coefficient (Wildman–Crippen LogP) is 7.31. The van der Waals surface area contributed by atoms with Crippen molar-refractivity contribution in [3.05, 3.63) is 100 Å². The van der Waals surface area contributed by atoms with Crippen LogP contribution in [0.5, 0.6) is 5.75 Å². The average Bonchev–Trinajstić information content (AvgIpc) is 3.34. The zero-order valence-electron chi connectivity index (χ0n) is 19.1. The van der Waals surface area contributed by atoms with Crippen LogP contribution in [0, 0.1) is 6.92 Å². The lowest BCUT2D eigenvalue weighted by molar-refractivity contribution is -0.113. The number of aromatic nitrogens is 1. The lowest BCUT2D eigenvalue weighted by Gasteiger charge is -2.12. The molecular weight excluding hydrogens is 480 g/mol. The Hall–Kier alpha value is -3.48. The molecule has 1 aliphatic rings. The van der Waals surface area contributed by atoms with Crippen LogP contribution < -0.4 is 9.64 Å². The highest BCUT2D eigenvalue weighted by molar-refractivity contribution is 8.19. The number of rotatable bonds is 7. The fourth-order valence-electron chi connectivity index (χ4n) is 4.16. The first-order valence-electron chi connectivity index (χ1n) is 11.3. The summed E-state index contributed by atoms with van der Waals surface area (Å²) in [7, 11) is 0. The van der Waals surface area contributed by atoms with Gasteiger partial charge in [0, 0.05) is 34.2 Å². The molecule has 1 aliphatic heterocycles. The number of para-hydroxylation sites is 2. The van der Waals surface area contributed by atoms with Gasteiger partial charge in [0.2, 0.25) is 0 Å². The molecule has 0 unspecified atom stereocenters. The molecule has 1 aromatic heterocycles. The zero-order valence-corrected chi connectivity index (χ0v) is 20.7. The van der Waals surface area contributed by atoms with Gasteiger partial charge in [-0.3, -0.25) is 9.59 Å². The van der Waals surface area contributed by atoms with Crippen molar-refractivity contribution >= 4 is 57.2 Å². The van der Waals surface area contributed by atoms with Crippen LogP contribution in [0.25, 0.3) is 17.0 Å². The summed E-state index contributed by atoms with van der Waals surface area (Å²) in [5.74, 6) is 0.562. The highest BCUT2D eigenvalue weighted by Gasteiger charge is 2.36. The Labute approximate surface area is 212 Å². The summed E-state index contributed by atoms with van der Waals surface area (Å²) < 4.78 is 8.12. The number of anilines is 1. The molecule has 176 valence electrons. The first-order valence-corrected chi connectivity index (χ1v) is 12.5. The van der Waals surface area contributed by atoms with E-state index in [2.05, 4.69) is 10.6 Å². The Morgan fingerprint density at radius 3 is 2.63 bits per heavy atom. The van der Waals surface area contributed by atoms with Crippen molar-refractivity contribution in [1.82, 2.24) is 4.57 Å². The molecule has 1 fully saturated rings. The minimum Gasteiger partial charge on any atom is -0.493 e. The van der Waals surface area contributed by atoms with E-state index in [9.17, 15) is 9.59 Å². The molecule has 5 nitrogen and oxygen atoms in total. The van der Waals surface area contributed by atoms with E-state index in [0.29, 0.717) is 22.2 Å². The van der Waals surface area contributed by atoms with Gasteiger partial charge in [0.15, 0.2) is 0 Å². The van der Waals surface area contributed by atoms with Crippen LogP contribution in [-0.4, -0.2) is 22.3 Å². The molecule has 0 atom stereocenters. The number of imide groups is 1. The number of ether oxygens (including phenoxy) is 1. The van der Waals surface area contributed by atoms with Gasteiger partial charge in [-0.05, 0) is 67.1 Å². The number of aryl methyl sites for hydroxylation is 2. The van der Waals surface area contributed by atoms with Crippen molar-refractivity contribution in [2.24, 2.45) is 0 Å². The number of thioether (sulfide) groups is 1. The maximum absolute atomic E-state index is 13.1. The molecule has 0 bridgehead atoms. The number of benzene rings is 3. The first-order chi connectivity index (χ1) is 17.0. The molecule has 2 heterocycles. The zero-order chi connectivity index (χ0) is 24.4. The normalized spacial score (nSPS) is 14.9. The summed E-state index contributed by atoms with van der Waals surface area (Å²) in [5, 5.41) is 1.17. The minimum absolute atomic E-state index is 0.333. The fraction of sp³-hybridized carbons (Fsp3) is 0.143. The van der Waals surface area contributed by atoms with Crippen LogP contribution in [0.4, 0.5) is 10.5 Å². The van der Waals surface area contributed by atoms with Crippen molar-refractivity contribution in [3.63, 3.8) is 0 Å². The van der Waals surface area contributed by atoms with E-state index in [-0.39, 0.29) is 11.1 Å². The summed E-state index contributed by atoms with van der Waals surface area (Å²) in [6, 6.07) is 22.8. The quantitative estimate of drug-likeness (QED) is 0.196. The SMILES string of the molecule is Cc1ccccc1OCCCn1cc(/C=C2\SC(=O)N(c3cccc(Cl)c3)C2=O)c2ccccc21. The Balaban J connectivity index is 1.36. The van der Waals surface area contributed by atoms with Crippen LogP contribution in [0.15, 0.2) is 83.9 Å². The van der Waals surface area contributed by atoms with Crippen molar-refractivity contribution < 1.29 is 14.3 Å². The second kappa shape index (κ2) is 10.0. The van der Waals surface area contributed by atoms with Gasteiger partial charge in [0.1, 0.15) is 5.75 Å². The monoisotopic (exact) mass is 502 g/mol. The molecule has 4 aromatic rings. The third kappa shape index (κ3) is 4.85. The third-order valence-corrected chi connectivity index (χ3v) is 6.97. The Morgan fingerprint density at radius 1 is 1.00 bits per heavy atom. The molecule has 0 aliphatic carbocycles. The number of amides is 2. The predicted molar refractivity (Wildman–Crippen MR) is 143 cm³/mol.